The SMILES string of the molecule is C[C@@H]1CN(c2c3c(nc(Cl)c2[N+](=O)[O-])CN(C(=O)OCc2ccccc2)CC3)[C@@H](CO)CN1C(=O)OC(C)(C)C. The van der Waals surface area contributed by atoms with Gasteiger partial charge >= 0.3 is 17.9 Å². The van der Waals surface area contributed by atoms with Crippen molar-refractivity contribution in [1.29, 1.82) is 0 Å². The Hall–Kier alpha value is -3.64. The zero-order valence-corrected chi connectivity index (χ0v) is 23.8. The summed E-state index contributed by atoms with van der Waals surface area (Å²) < 4.78 is 11.0. The molecule has 1 saturated heterocycles. The number of hydrogen-bond acceptors (Lipinski definition) is 9. The number of halogens is 1. The van der Waals surface area contributed by atoms with Crippen LogP contribution in [0.5, 0.6) is 0 Å². The number of aliphatic hydroxyl groups excluding tert-OH is 1. The third-order valence-corrected chi connectivity index (χ3v) is 7.14. The number of benzene rings is 1. The molecule has 0 unspecified atom stereocenters. The first-order valence-electron chi connectivity index (χ1n) is 13.1. The van der Waals surface area contributed by atoms with Gasteiger partial charge in [-0.3, -0.25) is 10.1 Å². The first-order valence-corrected chi connectivity index (χ1v) is 13.5. The molecular weight excluding hydrogens is 542 g/mol. The number of nitrogens with zero attached hydrogens (tertiary/aromatic N) is 5. The standard InChI is InChI=1S/C27H34ClN5O7/c1-17-12-32(19(15-34)13-31(17)26(36)40-27(2,3)4)22-20-10-11-30(14-21(20)29-24(28)23(22)33(37)38)25(35)39-16-18-8-6-5-7-9-18/h5-9,17,19,34H,10-16H2,1-4H3/t17-,19-/m1/s1. The Balaban J connectivity index is 1.61. The van der Waals surface area contributed by atoms with Crippen molar-refractivity contribution in [1.82, 2.24) is 14.8 Å². The summed E-state index contributed by atoms with van der Waals surface area (Å²) in [6.45, 7) is 7.47. The minimum absolute atomic E-state index is 0.0604. The molecule has 1 fully saturated rings. The van der Waals surface area contributed by atoms with E-state index in [0.29, 0.717) is 11.3 Å². The highest BCUT2D eigenvalue weighted by Crippen LogP contribution is 2.42. The summed E-state index contributed by atoms with van der Waals surface area (Å²) in [5.74, 6) is 0. The summed E-state index contributed by atoms with van der Waals surface area (Å²) in [6, 6.07) is 8.26. The second-order valence-corrected chi connectivity index (χ2v) is 11.3. The predicted octanol–water partition coefficient (Wildman–Crippen LogP) is 4.14. The van der Waals surface area contributed by atoms with Gasteiger partial charge in [0.25, 0.3) is 0 Å². The quantitative estimate of drug-likeness (QED) is 0.316. The molecule has 12 nitrogen and oxygen atoms in total. The van der Waals surface area contributed by atoms with Crippen molar-refractivity contribution < 1.29 is 29.1 Å². The van der Waals surface area contributed by atoms with E-state index in [1.807, 2.05) is 37.3 Å². The number of carbonyl (C=O) groups excluding carboxylic acids is 2. The second-order valence-electron chi connectivity index (χ2n) is 11.0. The lowest BCUT2D eigenvalue weighted by atomic mass is 9.98. The van der Waals surface area contributed by atoms with E-state index in [2.05, 4.69) is 4.98 Å². The molecule has 216 valence electrons. The molecule has 0 spiro atoms. The van der Waals surface area contributed by atoms with Crippen LogP contribution in [0.4, 0.5) is 21.0 Å². The molecule has 2 aromatic rings. The van der Waals surface area contributed by atoms with E-state index in [-0.39, 0.29) is 68.4 Å². The van der Waals surface area contributed by atoms with Gasteiger partial charge in [0.1, 0.15) is 17.9 Å². The number of aliphatic hydroxyl groups is 1. The lowest BCUT2D eigenvalue weighted by Crippen LogP contribution is -2.61. The first-order chi connectivity index (χ1) is 18.9. The molecular formula is C27H34ClN5O7. The molecule has 0 saturated carbocycles. The van der Waals surface area contributed by atoms with Crippen LogP contribution < -0.4 is 4.90 Å². The molecule has 0 bridgehead atoms. The third kappa shape index (κ3) is 6.39. The van der Waals surface area contributed by atoms with E-state index in [1.54, 1.807) is 25.7 Å². The number of amides is 2. The van der Waals surface area contributed by atoms with Gasteiger partial charge in [0.05, 0.1) is 29.8 Å². The molecule has 3 heterocycles. The highest BCUT2D eigenvalue weighted by Gasteiger charge is 2.42. The monoisotopic (exact) mass is 575 g/mol. The van der Waals surface area contributed by atoms with Crippen molar-refractivity contribution in [3.8, 4) is 0 Å². The van der Waals surface area contributed by atoms with E-state index >= 15 is 0 Å². The Morgan fingerprint density at radius 3 is 2.52 bits per heavy atom. The third-order valence-electron chi connectivity index (χ3n) is 6.87. The van der Waals surface area contributed by atoms with Crippen molar-refractivity contribution in [3.05, 3.63) is 62.4 Å². The molecule has 1 aromatic carbocycles. The zero-order valence-electron chi connectivity index (χ0n) is 23.0. The summed E-state index contributed by atoms with van der Waals surface area (Å²) in [7, 11) is 0. The molecule has 2 aliphatic heterocycles. The molecule has 13 heteroatoms. The van der Waals surface area contributed by atoms with Gasteiger partial charge in [0, 0.05) is 31.2 Å². The fourth-order valence-electron chi connectivity index (χ4n) is 5.00. The molecule has 4 rings (SSSR count). The molecule has 0 radical (unpaired) electrons. The van der Waals surface area contributed by atoms with Crippen molar-refractivity contribution in [2.45, 2.75) is 65.0 Å². The number of hydrogen-bond donors (Lipinski definition) is 1. The summed E-state index contributed by atoms with van der Waals surface area (Å²) in [5, 5.41) is 22.2. The largest absolute Gasteiger partial charge is 0.445 e. The predicted molar refractivity (Wildman–Crippen MR) is 147 cm³/mol. The van der Waals surface area contributed by atoms with Crippen molar-refractivity contribution in [2.24, 2.45) is 0 Å². The number of piperazine rings is 1. The van der Waals surface area contributed by atoms with Gasteiger partial charge in [-0.25, -0.2) is 14.6 Å². The van der Waals surface area contributed by atoms with Crippen LogP contribution in [0.15, 0.2) is 30.3 Å². The van der Waals surface area contributed by atoms with E-state index in [4.69, 9.17) is 21.1 Å². The van der Waals surface area contributed by atoms with Crippen LogP contribution in [0.2, 0.25) is 5.15 Å². The summed E-state index contributed by atoms with van der Waals surface area (Å²) in [5.41, 5.74) is 1.05. The van der Waals surface area contributed by atoms with Crippen LogP contribution in [-0.2, 0) is 29.0 Å². The highest BCUT2D eigenvalue weighted by atomic mass is 35.5. The van der Waals surface area contributed by atoms with E-state index < -0.39 is 28.8 Å². The van der Waals surface area contributed by atoms with E-state index in [9.17, 15) is 24.8 Å². The van der Waals surface area contributed by atoms with Crippen LogP contribution >= 0.6 is 11.6 Å². The summed E-state index contributed by atoms with van der Waals surface area (Å²) in [6.07, 6.45) is -0.776. The van der Waals surface area contributed by atoms with Crippen molar-refractivity contribution in [2.75, 3.05) is 31.1 Å². The maximum absolute atomic E-state index is 12.8. The molecule has 2 aliphatic rings. The molecule has 40 heavy (non-hydrogen) atoms. The van der Waals surface area contributed by atoms with Crippen LogP contribution in [0.1, 0.15) is 44.5 Å². The normalized spacial score (nSPS) is 19.2. The van der Waals surface area contributed by atoms with Crippen molar-refractivity contribution >= 4 is 35.2 Å². The Morgan fingerprint density at radius 2 is 1.90 bits per heavy atom. The number of ether oxygens (including phenoxy) is 2. The van der Waals surface area contributed by atoms with E-state index in [0.717, 1.165) is 5.56 Å². The summed E-state index contributed by atoms with van der Waals surface area (Å²) in [4.78, 5) is 46.3. The van der Waals surface area contributed by atoms with Crippen LogP contribution in [0, 0.1) is 10.1 Å². The number of carbonyl (C=O) groups is 2. The maximum Gasteiger partial charge on any atom is 0.410 e. The highest BCUT2D eigenvalue weighted by molar-refractivity contribution is 6.32. The molecule has 2 amide bonds. The van der Waals surface area contributed by atoms with Gasteiger partial charge in [0.2, 0.25) is 5.15 Å². The maximum atomic E-state index is 12.8. The Kier molecular flexibility index (Phi) is 8.69. The Bertz CT molecular complexity index is 1270. The average Bonchev–Trinajstić information content (AvgIpc) is 2.89. The minimum Gasteiger partial charge on any atom is -0.445 e. The average molecular weight is 576 g/mol. The minimum atomic E-state index is -0.701. The lowest BCUT2D eigenvalue weighted by Gasteiger charge is -2.46. The van der Waals surface area contributed by atoms with Crippen molar-refractivity contribution in [3.63, 3.8) is 0 Å². The number of nitro groups is 1. The van der Waals surface area contributed by atoms with Gasteiger partial charge < -0.3 is 29.3 Å². The Labute approximate surface area is 237 Å². The smallest absolute Gasteiger partial charge is 0.410 e. The molecule has 0 aliphatic carbocycles. The molecule has 1 aromatic heterocycles. The summed E-state index contributed by atoms with van der Waals surface area (Å²) >= 11 is 6.37. The number of fused-ring (bicyclic) bond motifs is 1. The zero-order chi connectivity index (χ0) is 29.2. The molecule has 2 atom stereocenters. The fourth-order valence-corrected chi connectivity index (χ4v) is 5.26. The second kappa shape index (κ2) is 11.8. The van der Waals surface area contributed by atoms with Crippen LogP contribution in [0.3, 0.4) is 0 Å². The van der Waals surface area contributed by atoms with Crippen LogP contribution in [-0.4, -0.2) is 80.9 Å². The van der Waals surface area contributed by atoms with Gasteiger partial charge in [-0.1, -0.05) is 41.9 Å². The lowest BCUT2D eigenvalue weighted by molar-refractivity contribution is -0.384. The topological polar surface area (TPSA) is 139 Å². The number of anilines is 1. The fraction of sp³-hybridized carbons (Fsp3) is 0.519. The van der Waals surface area contributed by atoms with Gasteiger partial charge in [0.15, 0.2) is 0 Å². The number of rotatable bonds is 5. The number of pyridine rings is 1. The molecule has 1 N–H and O–H groups in total. The number of aromatic nitrogens is 1. The van der Waals surface area contributed by atoms with Gasteiger partial charge in [-0.05, 0) is 39.7 Å². The van der Waals surface area contributed by atoms with Gasteiger partial charge in [-0.2, -0.15) is 0 Å². The van der Waals surface area contributed by atoms with E-state index in [1.165, 1.54) is 9.80 Å². The first kappa shape index (κ1) is 29.3. The van der Waals surface area contributed by atoms with Gasteiger partial charge in [-0.15, -0.1) is 0 Å². The van der Waals surface area contributed by atoms with Crippen LogP contribution in [0.25, 0.3) is 0 Å². The Morgan fingerprint density at radius 1 is 1.20 bits per heavy atom.